The van der Waals surface area contributed by atoms with E-state index in [2.05, 4.69) is 10.9 Å². The minimum Gasteiger partial charge on any atom is -0.305 e. The third-order valence-corrected chi connectivity index (χ3v) is 7.41. The molecule has 0 aliphatic rings. The molecule has 0 atom stereocenters. The molecule has 9 nitrogen and oxygen atoms in total. The summed E-state index contributed by atoms with van der Waals surface area (Å²) in [5.74, 6) is 1.96. The fourth-order valence-corrected chi connectivity index (χ4v) is 5.56. The summed E-state index contributed by atoms with van der Waals surface area (Å²) in [5.41, 5.74) is 0.553. The number of fused-ring (bicyclic) bond motifs is 2. The summed E-state index contributed by atoms with van der Waals surface area (Å²) in [7, 11) is -3.89. The predicted molar refractivity (Wildman–Crippen MR) is 118 cm³/mol. The number of nitrogens with zero attached hydrogens (tertiary/aromatic N) is 3. The van der Waals surface area contributed by atoms with Crippen LogP contribution in [0, 0.1) is 22.5 Å². The molecule has 12 heteroatoms. The minimum atomic E-state index is -3.89. The Hall–Kier alpha value is -3.37. The smallest absolute Gasteiger partial charge is 0.289 e. The van der Waals surface area contributed by atoms with Crippen LogP contribution in [0.15, 0.2) is 52.4 Å². The van der Waals surface area contributed by atoms with Crippen molar-refractivity contribution in [2.24, 2.45) is 10.1 Å². The van der Waals surface area contributed by atoms with Gasteiger partial charge in [0.15, 0.2) is 4.80 Å². The normalized spacial score (nSPS) is 12.3. The molecule has 0 aliphatic carbocycles. The lowest BCUT2D eigenvalue weighted by Gasteiger charge is -2.01. The number of non-ortho nitro benzene ring substituents is 1. The van der Waals surface area contributed by atoms with Gasteiger partial charge in [-0.1, -0.05) is 17.3 Å². The zero-order valence-electron chi connectivity index (χ0n) is 15.5. The number of nitro benzene ring substituents is 1. The Morgan fingerprint density at radius 3 is 2.65 bits per heavy atom. The first-order valence-corrected chi connectivity index (χ1v) is 11.7. The van der Waals surface area contributed by atoms with E-state index in [9.17, 15) is 23.3 Å². The van der Waals surface area contributed by atoms with Crippen molar-refractivity contribution in [1.82, 2.24) is 4.57 Å². The Balaban J connectivity index is 1.83. The van der Waals surface area contributed by atoms with Crippen LogP contribution >= 0.6 is 22.7 Å². The Morgan fingerprint density at radius 2 is 1.97 bits per heavy atom. The second-order valence-corrected chi connectivity index (χ2v) is 10.0. The minimum absolute atomic E-state index is 0.0573. The molecule has 0 bridgehead atoms. The van der Waals surface area contributed by atoms with Gasteiger partial charge in [-0.2, -0.15) is 4.99 Å². The number of terminal acetylenes is 1. The van der Waals surface area contributed by atoms with Crippen molar-refractivity contribution in [2.45, 2.75) is 11.4 Å². The van der Waals surface area contributed by atoms with Crippen molar-refractivity contribution >= 4 is 64.6 Å². The molecule has 4 rings (SSSR count). The summed E-state index contributed by atoms with van der Waals surface area (Å²) in [6, 6.07) is 10.2. The number of nitro groups is 1. The van der Waals surface area contributed by atoms with Crippen molar-refractivity contribution < 1.29 is 18.1 Å². The standard InChI is InChI=1S/C19H12N4O5S3/c1-2-7-22-14-5-4-13(31(20,27)28)10-16(14)30-19(22)21-18(24)17-9-11-8-12(23(25)26)3-6-15(11)29-17/h1,3-6,8-10H,7H2,(H2,20,27,28). The first-order valence-electron chi connectivity index (χ1n) is 8.54. The van der Waals surface area contributed by atoms with Crippen LogP contribution in [0.5, 0.6) is 0 Å². The highest BCUT2D eigenvalue weighted by molar-refractivity contribution is 7.89. The van der Waals surface area contributed by atoms with Crippen LogP contribution < -0.4 is 9.94 Å². The Labute approximate surface area is 183 Å². The summed E-state index contributed by atoms with van der Waals surface area (Å²) in [4.78, 5) is 28.0. The number of amides is 1. The van der Waals surface area contributed by atoms with E-state index < -0.39 is 20.9 Å². The van der Waals surface area contributed by atoms with Gasteiger partial charge >= 0.3 is 0 Å². The van der Waals surface area contributed by atoms with Gasteiger partial charge in [-0.3, -0.25) is 14.9 Å². The maximum absolute atomic E-state index is 12.8. The van der Waals surface area contributed by atoms with Gasteiger partial charge in [0.1, 0.15) is 0 Å². The van der Waals surface area contributed by atoms with Crippen LogP contribution in [0.1, 0.15) is 9.67 Å². The number of benzene rings is 2. The lowest BCUT2D eigenvalue weighted by atomic mass is 10.2. The Kier molecular flexibility index (Phi) is 5.19. The van der Waals surface area contributed by atoms with E-state index in [4.69, 9.17) is 11.6 Å². The van der Waals surface area contributed by atoms with Crippen LogP contribution in [0.3, 0.4) is 0 Å². The van der Waals surface area contributed by atoms with Crippen LogP contribution in [0.4, 0.5) is 5.69 Å². The maximum atomic E-state index is 12.8. The average Bonchev–Trinajstić information content (AvgIpc) is 3.28. The molecule has 156 valence electrons. The Bertz CT molecular complexity index is 1600. The highest BCUT2D eigenvalue weighted by atomic mass is 32.2. The molecular weight excluding hydrogens is 460 g/mol. The highest BCUT2D eigenvalue weighted by Gasteiger charge is 2.15. The number of carbonyl (C=O) groups is 1. The number of sulfonamides is 1. The fraction of sp³-hybridized carbons (Fsp3) is 0.0526. The van der Waals surface area contributed by atoms with Crippen LogP contribution in [-0.2, 0) is 16.6 Å². The SMILES string of the molecule is C#CCn1c(=NC(=O)c2cc3cc([N+](=O)[O-])ccc3s2)sc2cc(S(N)(=O)=O)ccc21. The average molecular weight is 473 g/mol. The monoisotopic (exact) mass is 472 g/mol. The predicted octanol–water partition coefficient (Wildman–Crippen LogP) is 2.85. The van der Waals surface area contributed by atoms with Crippen molar-refractivity contribution in [3.63, 3.8) is 0 Å². The quantitative estimate of drug-likeness (QED) is 0.276. The topological polar surface area (TPSA) is 138 Å². The zero-order valence-corrected chi connectivity index (χ0v) is 18.0. The molecular formula is C19H12N4O5S3. The van der Waals surface area contributed by atoms with Crippen molar-refractivity contribution in [3.05, 3.63) is 62.3 Å². The molecule has 0 radical (unpaired) electrons. The number of carbonyl (C=O) groups excluding carboxylic acids is 1. The van der Waals surface area contributed by atoms with Crippen LogP contribution in [0.2, 0.25) is 0 Å². The first-order chi connectivity index (χ1) is 14.7. The van der Waals surface area contributed by atoms with Gasteiger partial charge in [-0.05, 0) is 30.3 Å². The van der Waals surface area contributed by atoms with Crippen LogP contribution in [0.25, 0.3) is 20.3 Å². The molecule has 0 fully saturated rings. The molecule has 1 amide bonds. The molecule has 2 heterocycles. The van der Waals surface area contributed by atoms with E-state index in [0.29, 0.717) is 25.3 Å². The molecule has 0 aliphatic heterocycles. The number of rotatable bonds is 4. The van der Waals surface area contributed by atoms with Crippen LogP contribution in [-0.4, -0.2) is 23.8 Å². The molecule has 2 aromatic heterocycles. The van der Waals surface area contributed by atoms with Crippen molar-refractivity contribution in [2.75, 3.05) is 0 Å². The maximum Gasteiger partial charge on any atom is 0.289 e. The molecule has 0 spiro atoms. The number of hydrogen-bond acceptors (Lipinski definition) is 7. The van der Waals surface area contributed by atoms with Gasteiger partial charge in [0.25, 0.3) is 11.6 Å². The molecule has 0 saturated carbocycles. The van der Waals surface area contributed by atoms with Gasteiger partial charge in [0.05, 0.1) is 31.5 Å². The number of thiazole rings is 1. The second-order valence-electron chi connectivity index (χ2n) is 6.36. The molecule has 31 heavy (non-hydrogen) atoms. The summed E-state index contributed by atoms with van der Waals surface area (Å²) in [5, 5.41) is 16.7. The summed E-state index contributed by atoms with van der Waals surface area (Å²) in [6.07, 6.45) is 5.45. The lowest BCUT2D eigenvalue weighted by Crippen LogP contribution is -2.16. The van der Waals surface area contributed by atoms with E-state index in [1.165, 1.54) is 35.6 Å². The third-order valence-electron chi connectivity index (χ3n) is 4.35. The summed E-state index contributed by atoms with van der Waals surface area (Å²) >= 11 is 2.28. The number of thiophene rings is 1. The largest absolute Gasteiger partial charge is 0.305 e. The molecule has 4 aromatic rings. The second kappa shape index (κ2) is 7.71. The number of aromatic nitrogens is 1. The summed E-state index contributed by atoms with van der Waals surface area (Å²) in [6.45, 7) is 0.124. The zero-order chi connectivity index (χ0) is 22.3. The van der Waals surface area contributed by atoms with E-state index in [-0.39, 0.29) is 17.1 Å². The number of primary sulfonamides is 1. The van der Waals surface area contributed by atoms with Gasteiger partial charge < -0.3 is 4.57 Å². The molecule has 0 unspecified atom stereocenters. The Morgan fingerprint density at radius 1 is 1.19 bits per heavy atom. The molecule has 2 aromatic carbocycles. The van der Waals surface area contributed by atoms with E-state index in [0.717, 1.165) is 16.0 Å². The molecule has 2 N–H and O–H groups in total. The van der Waals surface area contributed by atoms with Crippen molar-refractivity contribution in [1.29, 1.82) is 0 Å². The van der Waals surface area contributed by atoms with Crippen molar-refractivity contribution in [3.8, 4) is 12.3 Å². The first kappa shape index (κ1) is 20.9. The number of nitrogens with two attached hydrogens (primary N) is 1. The van der Waals surface area contributed by atoms with E-state index in [1.807, 2.05) is 0 Å². The summed E-state index contributed by atoms with van der Waals surface area (Å²) < 4.78 is 26.2. The number of hydrogen-bond donors (Lipinski definition) is 1. The van der Waals surface area contributed by atoms with Gasteiger partial charge in [-0.15, -0.1) is 17.8 Å². The third kappa shape index (κ3) is 3.99. The van der Waals surface area contributed by atoms with Gasteiger partial charge in [-0.25, -0.2) is 13.6 Å². The van der Waals surface area contributed by atoms with Gasteiger partial charge in [0.2, 0.25) is 10.0 Å². The lowest BCUT2D eigenvalue weighted by molar-refractivity contribution is -0.384. The van der Waals surface area contributed by atoms with Gasteiger partial charge in [0, 0.05) is 22.2 Å². The van der Waals surface area contributed by atoms with E-state index in [1.54, 1.807) is 22.8 Å². The highest BCUT2D eigenvalue weighted by Crippen LogP contribution is 2.29. The fourth-order valence-electron chi connectivity index (χ4n) is 2.95. The molecule has 0 saturated heterocycles. The van der Waals surface area contributed by atoms with E-state index >= 15 is 0 Å².